The van der Waals surface area contributed by atoms with Crippen molar-refractivity contribution in [1.29, 1.82) is 0 Å². The fourth-order valence-corrected chi connectivity index (χ4v) is 6.52. The summed E-state index contributed by atoms with van der Waals surface area (Å²) >= 11 is 0. The lowest BCUT2D eigenvalue weighted by Gasteiger charge is -2.50. The van der Waals surface area contributed by atoms with Gasteiger partial charge in [-0.1, -0.05) is 54.4 Å². The zero-order valence-electron chi connectivity index (χ0n) is 17.7. The Hall–Kier alpha value is -0.0800. The highest BCUT2D eigenvalue weighted by molar-refractivity contribution is 5.15. The van der Waals surface area contributed by atoms with E-state index in [4.69, 9.17) is 0 Å². The minimum absolute atomic E-state index is 0.210. The first-order valence-corrected chi connectivity index (χ1v) is 10.4. The third kappa shape index (κ3) is 2.96. The van der Waals surface area contributed by atoms with E-state index < -0.39 is 0 Å². The van der Waals surface area contributed by atoms with Gasteiger partial charge < -0.3 is 0 Å². The second-order valence-corrected chi connectivity index (χ2v) is 12.0. The van der Waals surface area contributed by atoms with E-state index in [9.17, 15) is 0 Å². The summed E-state index contributed by atoms with van der Waals surface area (Å²) in [6, 6.07) is 1.41. The van der Waals surface area contributed by atoms with Crippen molar-refractivity contribution < 1.29 is 0 Å². The van der Waals surface area contributed by atoms with Crippen molar-refractivity contribution in [3.63, 3.8) is 0 Å². The van der Waals surface area contributed by atoms with Crippen molar-refractivity contribution in [2.24, 2.45) is 28.6 Å². The Morgan fingerprint density at radius 3 is 1.88 bits per heavy atom. The quantitative estimate of drug-likeness (QED) is 0.648. The minimum Gasteiger partial charge on any atom is -0.298 e. The zero-order valence-corrected chi connectivity index (χ0v) is 17.7. The molecule has 24 heavy (non-hydrogen) atoms. The number of likely N-dealkylation sites (tertiary alicyclic amines) is 1. The third-order valence-corrected chi connectivity index (χ3v) is 7.08. The first-order chi connectivity index (χ1) is 10.8. The van der Waals surface area contributed by atoms with Gasteiger partial charge in [0.2, 0.25) is 0 Å². The predicted octanol–water partition coefficient (Wildman–Crippen LogP) is 5.28. The fraction of sp³-hybridized carbons (Fsp3) is 1.00. The highest BCUT2D eigenvalue weighted by Gasteiger charge is 2.63. The van der Waals surface area contributed by atoms with Crippen molar-refractivity contribution >= 4 is 0 Å². The number of fused-ring (bicyclic) bond motifs is 3. The molecule has 2 aliphatic heterocycles. The number of hydrogen-bond donors (Lipinski definition) is 1. The molecule has 2 nitrogen and oxygen atoms in total. The predicted molar refractivity (Wildman–Crippen MR) is 104 cm³/mol. The molecule has 140 valence electrons. The topological polar surface area (TPSA) is 15.3 Å². The largest absolute Gasteiger partial charge is 0.298 e. The molecule has 3 rings (SSSR count). The molecule has 0 spiro atoms. The van der Waals surface area contributed by atoms with Crippen molar-refractivity contribution in [2.75, 3.05) is 0 Å². The van der Waals surface area contributed by atoms with E-state index in [2.05, 4.69) is 72.5 Å². The van der Waals surface area contributed by atoms with Crippen LogP contribution in [0.25, 0.3) is 0 Å². The van der Waals surface area contributed by atoms with Gasteiger partial charge in [-0.25, -0.2) is 0 Å². The van der Waals surface area contributed by atoms with Gasteiger partial charge in [-0.05, 0) is 62.2 Å². The second-order valence-electron chi connectivity index (χ2n) is 12.0. The zero-order chi connectivity index (χ0) is 18.1. The van der Waals surface area contributed by atoms with E-state index in [0.29, 0.717) is 23.0 Å². The summed E-state index contributed by atoms with van der Waals surface area (Å²) in [5, 5.41) is 4.14. The van der Waals surface area contributed by atoms with Crippen LogP contribution in [0.4, 0.5) is 0 Å². The lowest BCUT2D eigenvalue weighted by atomic mass is 9.61. The standard InChI is InChI=1S/C22H42N2/c1-20(2,3)17-16-14-12-10-11-13-15(14)23-19(16)24(22(7,8)9)18(17)21(4,5)6/h14-19,23H,10-13H2,1-9H3. The van der Waals surface area contributed by atoms with Crippen LogP contribution >= 0.6 is 0 Å². The SMILES string of the molecule is CC(C)(C)C1C2C3CCCCC3NC2N(C(C)(C)C)C1C(C)(C)C. The highest BCUT2D eigenvalue weighted by Crippen LogP contribution is 2.58. The molecule has 0 aromatic carbocycles. The minimum atomic E-state index is 0.210. The van der Waals surface area contributed by atoms with Gasteiger partial charge in [-0.2, -0.15) is 0 Å². The Balaban J connectivity index is 2.09. The van der Waals surface area contributed by atoms with Crippen LogP contribution in [0, 0.1) is 28.6 Å². The molecule has 1 aliphatic carbocycles. The van der Waals surface area contributed by atoms with Crippen LogP contribution in [0.5, 0.6) is 0 Å². The lowest BCUT2D eigenvalue weighted by molar-refractivity contribution is -0.0172. The molecule has 2 heterocycles. The Kier molecular flexibility index (Phi) is 4.45. The van der Waals surface area contributed by atoms with E-state index in [1.54, 1.807) is 0 Å². The van der Waals surface area contributed by atoms with Gasteiger partial charge in [0.05, 0.1) is 6.17 Å². The summed E-state index contributed by atoms with van der Waals surface area (Å²) < 4.78 is 0. The molecule has 2 heteroatoms. The molecule has 3 fully saturated rings. The molecule has 1 saturated carbocycles. The number of rotatable bonds is 0. The first-order valence-electron chi connectivity index (χ1n) is 10.4. The molecule has 0 aromatic rings. The normalized spacial score (nSPS) is 41.4. The summed E-state index contributed by atoms with van der Waals surface area (Å²) in [6.45, 7) is 22.2. The molecule has 0 bridgehead atoms. The Bertz CT molecular complexity index is 462. The van der Waals surface area contributed by atoms with Crippen LogP contribution in [0.15, 0.2) is 0 Å². The van der Waals surface area contributed by atoms with Gasteiger partial charge in [0.1, 0.15) is 0 Å². The first kappa shape index (κ1) is 18.7. The Morgan fingerprint density at radius 1 is 0.792 bits per heavy atom. The van der Waals surface area contributed by atoms with E-state index >= 15 is 0 Å². The molecule has 0 amide bonds. The molecule has 6 unspecified atom stereocenters. The summed E-state index contributed by atoms with van der Waals surface area (Å²) in [6.07, 6.45) is 6.28. The lowest BCUT2D eigenvalue weighted by Crippen LogP contribution is -2.59. The molecule has 2 saturated heterocycles. The van der Waals surface area contributed by atoms with Crippen LogP contribution in [0.1, 0.15) is 88.0 Å². The van der Waals surface area contributed by atoms with Crippen molar-refractivity contribution in [3.8, 4) is 0 Å². The van der Waals surface area contributed by atoms with Crippen molar-refractivity contribution in [3.05, 3.63) is 0 Å². The van der Waals surface area contributed by atoms with Crippen LogP contribution < -0.4 is 5.32 Å². The maximum absolute atomic E-state index is 4.14. The number of nitrogens with zero attached hydrogens (tertiary/aromatic N) is 1. The summed E-state index contributed by atoms with van der Waals surface area (Å²) in [5.74, 6) is 2.48. The van der Waals surface area contributed by atoms with Crippen LogP contribution in [0.3, 0.4) is 0 Å². The fourth-order valence-electron chi connectivity index (χ4n) is 6.52. The molecular weight excluding hydrogens is 292 g/mol. The van der Waals surface area contributed by atoms with Gasteiger partial charge in [-0.15, -0.1) is 0 Å². The van der Waals surface area contributed by atoms with Gasteiger partial charge >= 0.3 is 0 Å². The van der Waals surface area contributed by atoms with Gasteiger partial charge in [0, 0.05) is 17.6 Å². The third-order valence-electron chi connectivity index (χ3n) is 7.08. The van der Waals surface area contributed by atoms with Gasteiger partial charge in [0.15, 0.2) is 0 Å². The average molecular weight is 335 g/mol. The van der Waals surface area contributed by atoms with E-state index in [0.717, 1.165) is 23.8 Å². The number of nitrogens with one attached hydrogen (secondary N) is 1. The van der Waals surface area contributed by atoms with Crippen molar-refractivity contribution in [1.82, 2.24) is 10.2 Å². The van der Waals surface area contributed by atoms with E-state index in [1.165, 1.54) is 25.7 Å². The smallest absolute Gasteiger partial charge is 0.0642 e. The van der Waals surface area contributed by atoms with Crippen LogP contribution in [-0.4, -0.2) is 28.7 Å². The summed E-state index contributed by atoms with van der Waals surface area (Å²) in [4.78, 5) is 2.89. The molecule has 0 radical (unpaired) electrons. The molecule has 0 aromatic heterocycles. The summed E-state index contributed by atoms with van der Waals surface area (Å²) in [7, 11) is 0. The molecule has 6 atom stereocenters. The van der Waals surface area contributed by atoms with Crippen LogP contribution in [0.2, 0.25) is 0 Å². The second kappa shape index (κ2) is 5.71. The van der Waals surface area contributed by atoms with Crippen LogP contribution in [-0.2, 0) is 0 Å². The number of hydrogen-bond acceptors (Lipinski definition) is 2. The molecular formula is C22H42N2. The van der Waals surface area contributed by atoms with Gasteiger partial charge in [0.25, 0.3) is 0 Å². The molecule has 3 aliphatic rings. The van der Waals surface area contributed by atoms with Gasteiger partial charge in [-0.3, -0.25) is 10.2 Å². The maximum atomic E-state index is 4.14. The summed E-state index contributed by atoms with van der Waals surface area (Å²) in [5.41, 5.74) is 0.873. The van der Waals surface area contributed by atoms with E-state index in [-0.39, 0.29) is 5.54 Å². The Morgan fingerprint density at radius 2 is 1.38 bits per heavy atom. The maximum Gasteiger partial charge on any atom is 0.0642 e. The monoisotopic (exact) mass is 334 g/mol. The average Bonchev–Trinajstić information content (AvgIpc) is 2.89. The van der Waals surface area contributed by atoms with E-state index in [1.807, 2.05) is 0 Å². The Labute approximate surface area is 151 Å². The van der Waals surface area contributed by atoms with Crippen molar-refractivity contribution in [2.45, 2.75) is 112 Å². The highest BCUT2D eigenvalue weighted by atomic mass is 15.4. The molecule has 1 N–H and O–H groups in total.